The standard InChI is InChI=1S/C23H28ClN3O4S/c24-18-5-4-6-21(17-18)31-20-11-15-26(16-12-20)19-9-13-27(14-10-19)23(28)25-32(29,30)22-7-2-1-3-8-22/h1-8,17,19-20H,9-16H2,(H,25,28). The van der Waals surface area contributed by atoms with Gasteiger partial charge in [-0.15, -0.1) is 0 Å². The first-order chi connectivity index (χ1) is 15.4. The Hall–Kier alpha value is -2.29. The van der Waals surface area contributed by atoms with Crippen molar-refractivity contribution in [3.63, 3.8) is 0 Å². The van der Waals surface area contributed by atoms with Crippen molar-refractivity contribution in [2.75, 3.05) is 26.2 Å². The molecule has 0 radical (unpaired) electrons. The van der Waals surface area contributed by atoms with Gasteiger partial charge in [0.15, 0.2) is 0 Å². The van der Waals surface area contributed by atoms with Crippen LogP contribution in [0.5, 0.6) is 5.75 Å². The molecule has 32 heavy (non-hydrogen) atoms. The Kier molecular flexibility index (Phi) is 7.23. The maximum Gasteiger partial charge on any atom is 0.331 e. The van der Waals surface area contributed by atoms with Gasteiger partial charge in [0.1, 0.15) is 11.9 Å². The first kappa shape index (κ1) is 22.9. The van der Waals surface area contributed by atoms with Crippen LogP contribution in [0, 0.1) is 0 Å². The van der Waals surface area contributed by atoms with Crippen LogP contribution in [0.15, 0.2) is 59.5 Å². The average molecular weight is 478 g/mol. The Labute approximate surface area is 194 Å². The first-order valence-electron chi connectivity index (χ1n) is 10.9. The second-order valence-electron chi connectivity index (χ2n) is 8.25. The molecular formula is C23H28ClN3O4S. The van der Waals surface area contributed by atoms with Crippen LogP contribution in [0.3, 0.4) is 0 Å². The van der Waals surface area contributed by atoms with Gasteiger partial charge in [-0.2, -0.15) is 0 Å². The molecule has 7 nitrogen and oxygen atoms in total. The van der Waals surface area contributed by atoms with Crippen molar-refractivity contribution in [1.82, 2.24) is 14.5 Å². The molecule has 2 saturated heterocycles. The molecule has 9 heteroatoms. The van der Waals surface area contributed by atoms with Crippen LogP contribution >= 0.6 is 11.6 Å². The van der Waals surface area contributed by atoms with Gasteiger partial charge in [0.05, 0.1) is 4.90 Å². The number of urea groups is 1. The predicted octanol–water partition coefficient (Wildman–Crippen LogP) is 3.75. The van der Waals surface area contributed by atoms with Crippen LogP contribution in [-0.4, -0.2) is 62.6 Å². The summed E-state index contributed by atoms with van der Waals surface area (Å²) in [6.07, 6.45) is 3.74. The highest BCUT2D eigenvalue weighted by Gasteiger charge is 2.31. The number of carbonyl (C=O) groups is 1. The molecule has 2 aliphatic heterocycles. The number of likely N-dealkylation sites (tertiary alicyclic amines) is 2. The Balaban J connectivity index is 1.22. The number of nitrogens with one attached hydrogen (secondary N) is 1. The van der Waals surface area contributed by atoms with Gasteiger partial charge in [-0.3, -0.25) is 4.90 Å². The molecule has 2 aromatic rings. The predicted molar refractivity (Wildman–Crippen MR) is 123 cm³/mol. The Bertz CT molecular complexity index is 1020. The number of hydrogen-bond donors (Lipinski definition) is 1. The zero-order valence-corrected chi connectivity index (χ0v) is 19.4. The van der Waals surface area contributed by atoms with E-state index in [0.29, 0.717) is 24.2 Å². The molecule has 0 spiro atoms. The van der Waals surface area contributed by atoms with Gasteiger partial charge < -0.3 is 9.64 Å². The minimum Gasteiger partial charge on any atom is -0.490 e. The third-order valence-electron chi connectivity index (χ3n) is 6.12. The lowest BCUT2D eigenvalue weighted by molar-refractivity contribution is 0.0540. The third-order valence-corrected chi connectivity index (χ3v) is 7.69. The number of benzene rings is 2. The molecule has 0 unspecified atom stereocenters. The summed E-state index contributed by atoms with van der Waals surface area (Å²) in [4.78, 5) is 16.7. The van der Waals surface area contributed by atoms with Gasteiger partial charge in [-0.25, -0.2) is 17.9 Å². The fourth-order valence-electron chi connectivity index (χ4n) is 4.36. The topological polar surface area (TPSA) is 79.0 Å². The van der Waals surface area contributed by atoms with Gasteiger partial charge in [-0.1, -0.05) is 35.9 Å². The molecule has 172 valence electrons. The molecule has 2 amide bonds. The number of ether oxygens (including phenoxy) is 1. The summed E-state index contributed by atoms with van der Waals surface area (Å²) in [5, 5.41) is 0.673. The summed E-state index contributed by atoms with van der Waals surface area (Å²) in [6.45, 7) is 2.98. The number of rotatable bonds is 5. The number of nitrogens with zero attached hydrogens (tertiary/aromatic N) is 2. The number of sulfonamides is 1. The lowest BCUT2D eigenvalue weighted by atomic mass is 9.99. The monoisotopic (exact) mass is 477 g/mol. The van der Waals surface area contributed by atoms with E-state index >= 15 is 0 Å². The van der Waals surface area contributed by atoms with E-state index in [0.717, 1.165) is 44.5 Å². The molecule has 2 aromatic carbocycles. The second kappa shape index (κ2) is 10.1. The van der Waals surface area contributed by atoms with Crippen LogP contribution in [0.25, 0.3) is 0 Å². The summed E-state index contributed by atoms with van der Waals surface area (Å²) in [7, 11) is -3.85. The first-order valence-corrected chi connectivity index (χ1v) is 12.8. The molecule has 1 N–H and O–H groups in total. The second-order valence-corrected chi connectivity index (χ2v) is 10.4. The van der Waals surface area contributed by atoms with Gasteiger partial charge >= 0.3 is 6.03 Å². The third kappa shape index (κ3) is 5.74. The van der Waals surface area contributed by atoms with Crippen LogP contribution in [0.4, 0.5) is 4.79 Å². The summed E-state index contributed by atoms with van der Waals surface area (Å²) < 4.78 is 33.0. The molecule has 2 fully saturated rings. The van der Waals surface area contributed by atoms with Crippen LogP contribution in [0.2, 0.25) is 5.02 Å². The van der Waals surface area contributed by atoms with Gasteiger partial charge in [-0.05, 0) is 56.0 Å². The number of hydrogen-bond acceptors (Lipinski definition) is 5. The molecule has 0 aromatic heterocycles. The maximum atomic E-state index is 12.5. The van der Waals surface area contributed by atoms with Crippen LogP contribution in [-0.2, 0) is 10.0 Å². The summed E-state index contributed by atoms with van der Waals surface area (Å²) in [6, 6.07) is 15.3. The fraction of sp³-hybridized carbons (Fsp3) is 0.435. The number of amides is 2. The van der Waals surface area contributed by atoms with E-state index in [9.17, 15) is 13.2 Å². The van der Waals surface area contributed by atoms with E-state index in [1.807, 2.05) is 24.3 Å². The molecule has 0 aliphatic carbocycles. The van der Waals surface area contributed by atoms with Crippen molar-refractivity contribution in [2.24, 2.45) is 0 Å². The van der Waals surface area contributed by atoms with Crippen molar-refractivity contribution >= 4 is 27.7 Å². The zero-order chi connectivity index (χ0) is 22.6. The van der Waals surface area contributed by atoms with Gasteiger partial charge in [0, 0.05) is 37.2 Å². The van der Waals surface area contributed by atoms with Crippen molar-refractivity contribution in [3.05, 3.63) is 59.6 Å². The van der Waals surface area contributed by atoms with Crippen molar-refractivity contribution in [1.29, 1.82) is 0 Å². The van der Waals surface area contributed by atoms with Crippen LogP contribution < -0.4 is 9.46 Å². The van der Waals surface area contributed by atoms with Crippen molar-refractivity contribution < 1.29 is 17.9 Å². The zero-order valence-electron chi connectivity index (χ0n) is 17.8. The molecule has 2 aliphatic rings. The molecule has 0 saturated carbocycles. The highest BCUT2D eigenvalue weighted by Crippen LogP contribution is 2.25. The Morgan fingerprint density at radius 1 is 0.938 bits per heavy atom. The quantitative estimate of drug-likeness (QED) is 0.709. The Morgan fingerprint density at radius 3 is 2.28 bits per heavy atom. The number of halogens is 1. The van der Waals surface area contributed by atoms with Crippen LogP contribution in [0.1, 0.15) is 25.7 Å². The minimum atomic E-state index is -3.85. The summed E-state index contributed by atoms with van der Waals surface area (Å²) >= 11 is 6.03. The molecule has 0 bridgehead atoms. The van der Waals surface area contributed by atoms with Crippen molar-refractivity contribution in [3.8, 4) is 5.75 Å². The average Bonchev–Trinajstić information content (AvgIpc) is 2.80. The smallest absolute Gasteiger partial charge is 0.331 e. The molecule has 2 heterocycles. The molecular weight excluding hydrogens is 450 g/mol. The lowest BCUT2D eigenvalue weighted by Crippen LogP contribution is -2.52. The van der Waals surface area contributed by atoms with Crippen molar-refractivity contribution in [2.45, 2.75) is 42.7 Å². The molecule has 4 rings (SSSR count). The van der Waals surface area contributed by atoms with E-state index in [2.05, 4.69) is 9.62 Å². The summed E-state index contributed by atoms with van der Waals surface area (Å²) in [5.74, 6) is 0.806. The van der Waals surface area contributed by atoms with Gasteiger partial charge in [0.2, 0.25) is 0 Å². The lowest BCUT2D eigenvalue weighted by Gasteiger charge is -2.41. The SMILES string of the molecule is O=C(NS(=O)(=O)c1ccccc1)N1CCC(N2CCC(Oc3cccc(Cl)c3)CC2)CC1. The largest absolute Gasteiger partial charge is 0.490 e. The number of carbonyl (C=O) groups excluding carboxylic acids is 1. The normalized spacial score (nSPS) is 19.0. The fourth-order valence-corrected chi connectivity index (χ4v) is 5.54. The van der Waals surface area contributed by atoms with E-state index in [-0.39, 0.29) is 11.0 Å². The van der Waals surface area contributed by atoms with E-state index in [4.69, 9.17) is 16.3 Å². The van der Waals surface area contributed by atoms with Gasteiger partial charge in [0.25, 0.3) is 10.0 Å². The summed E-state index contributed by atoms with van der Waals surface area (Å²) in [5.41, 5.74) is 0. The van der Waals surface area contributed by atoms with E-state index in [1.165, 1.54) is 12.1 Å². The molecule has 0 atom stereocenters. The minimum absolute atomic E-state index is 0.0890. The maximum absolute atomic E-state index is 12.5. The number of piperidine rings is 2. The highest BCUT2D eigenvalue weighted by molar-refractivity contribution is 7.90. The van der Waals surface area contributed by atoms with E-state index < -0.39 is 16.1 Å². The highest BCUT2D eigenvalue weighted by atomic mass is 35.5. The Morgan fingerprint density at radius 2 is 1.62 bits per heavy atom. The van der Waals surface area contributed by atoms with E-state index in [1.54, 1.807) is 23.1 Å².